The number of rotatable bonds is 8. The van der Waals surface area contributed by atoms with Crippen molar-refractivity contribution in [1.29, 1.82) is 0 Å². The fraction of sp³-hybridized carbons (Fsp3) is 0.259. The van der Waals surface area contributed by atoms with Crippen LogP contribution in [0, 0.1) is 0 Å². The number of fused-ring (bicyclic) bond motifs is 1. The molecule has 1 aliphatic heterocycles. The van der Waals surface area contributed by atoms with E-state index in [1.54, 1.807) is 25.3 Å². The zero-order valence-corrected chi connectivity index (χ0v) is 22.6. The van der Waals surface area contributed by atoms with Crippen molar-refractivity contribution in [3.05, 3.63) is 83.4 Å². The lowest BCUT2D eigenvalue weighted by molar-refractivity contribution is 0.100. The molecule has 0 bridgehead atoms. The Morgan fingerprint density at radius 2 is 1.65 bits per heavy atom. The molecule has 0 fully saturated rings. The number of nitrogens with one attached hydrogen (secondary N) is 1. The van der Waals surface area contributed by atoms with Gasteiger partial charge < -0.3 is 4.74 Å². The van der Waals surface area contributed by atoms with E-state index in [1.807, 2.05) is 32.0 Å². The summed E-state index contributed by atoms with van der Waals surface area (Å²) in [5.41, 5.74) is 2.82. The molecule has 194 valence electrons. The van der Waals surface area contributed by atoms with Crippen molar-refractivity contribution < 1.29 is 26.4 Å². The van der Waals surface area contributed by atoms with Crippen LogP contribution in [-0.2, 0) is 26.3 Å². The van der Waals surface area contributed by atoms with Gasteiger partial charge in [0.15, 0.2) is 15.6 Å². The Kier molecular flexibility index (Phi) is 7.00. The summed E-state index contributed by atoms with van der Waals surface area (Å²) in [4.78, 5) is 18.0. The SMILES string of the molecule is COc1ccc2c(c1)C(CC(=O)c1cccc(NS(=O)(=O)c3ccc(S(C)(=O)=O)cc3)c1)=NC(C)(C)C2. The molecular formula is C27H28N2O6S2. The maximum atomic E-state index is 13.3. The molecule has 0 aromatic heterocycles. The summed E-state index contributed by atoms with van der Waals surface area (Å²) in [6, 6.07) is 16.9. The zero-order chi connectivity index (χ0) is 27.0. The van der Waals surface area contributed by atoms with E-state index in [4.69, 9.17) is 9.73 Å². The number of sulfone groups is 1. The summed E-state index contributed by atoms with van der Waals surface area (Å²) >= 11 is 0. The molecule has 8 nitrogen and oxygen atoms in total. The standard InChI is InChI=1S/C27H28N2O6S2/c1-27(2)17-19-8-9-21(35-3)15-24(19)25(28-27)16-26(30)18-6-5-7-20(14-18)29-37(33,34)23-12-10-22(11-13-23)36(4,31)32/h5-15,29H,16-17H2,1-4H3. The molecule has 0 unspecified atom stereocenters. The molecule has 0 amide bonds. The molecule has 10 heteroatoms. The van der Waals surface area contributed by atoms with Crippen LogP contribution >= 0.6 is 0 Å². The first kappa shape index (κ1) is 26.6. The molecule has 0 spiro atoms. The molecule has 0 saturated carbocycles. The predicted molar refractivity (Wildman–Crippen MR) is 143 cm³/mol. The average molecular weight is 541 g/mol. The summed E-state index contributed by atoms with van der Waals surface area (Å²) in [6.07, 6.45) is 1.84. The molecule has 0 saturated heterocycles. The van der Waals surface area contributed by atoms with E-state index in [2.05, 4.69) is 4.72 Å². The maximum Gasteiger partial charge on any atom is 0.261 e. The molecule has 0 aliphatic carbocycles. The Balaban J connectivity index is 1.57. The lowest BCUT2D eigenvalue weighted by atomic mass is 9.85. The van der Waals surface area contributed by atoms with Gasteiger partial charge in [0.05, 0.1) is 34.6 Å². The second-order valence-electron chi connectivity index (χ2n) is 9.60. The van der Waals surface area contributed by atoms with Gasteiger partial charge in [-0.1, -0.05) is 18.2 Å². The molecule has 3 aromatic rings. The molecule has 1 heterocycles. The minimum atomic E-state index is -4.00. The van der Waals surface area contributed by atoms with Crippen LogP contribution in [0.2, 0.25) is 0 Å². The third-order valence-electron chi connectivity index (χ3n) is 6.02. The van der Waals surface area contributed by atoms with Gasteiger partial charge in [-0.05, 0) is 74.4 Å². The van der Waals surface area contributed by atoms with Crippen molar-refractivity contribution in [2.45, 2.75) is 42.0 Å². The van der Waals surface area contributed by atoms with Gasteiger partial charge in [0, 0.05) is 23.1 Å². The minimum Gasteiger partial charge on any atom is -0.497 e. The van der Waals surface area contributed by atoms with E-state index in [1.165, 1.54) is 30.3 Å². The Morgan fingerprint density at radius 3 is 2.30 bits per heavy atom. The number of carbonyl (C=O) groups is 1. The third-order valence-corrected chi connectivity index (χ3v) is 8.54. The van der Waals surface area contributed by atoms with Crippen LogP contribution in [0.4, 0.5) is 5.69 Å². The van der Waals surface area contributed by atoms with Gasteiger partial charge in [-0.3, -0.25) is 14.5 Å². The Labute approximate surface area is 217 Å². The highest BCUT2D eigenvalue weighted by Gasteiger charge is 2.28. The Bertz CT molecular complexity index is 1610. The van der Waals surface area contributed by atoms with Gasteiger partial charge in [-0.15, -0.1) is 0 Å². The van der Waals surface area contributed by atoms with E-state index in [-0.39, 0.29) is 33.2 Å². The van der Waals surface area contributed by atoms with Crippen molar-refractivity contribution in [2.24, 2.45) is 4.99 Å². The maximum absolute atomic E-state index is 13.3. The normalized spacial score (nSPS) is 14.9. The van der Waals surface area contributed by atoms with E-state index < -0.39 is 19.9 Å². The summed E-state index contributed by atoms with van der Waals surface area (Å²) in [6.45, 7) is 4.03. The summed E-state index contributed by atoms with van der Waals surface area (Å²) in [5, 5.41) is 0. The fourth-order valence-corrected chi connectivity index (χ4v) is 5.94. The number of benzene rings is 3. The van der Waals surface area contributed by atoms with Crippen molar-refractivity contribution in [1.82, 2.24) is 0 Å². The molecule has 4 rings (SSSR count). The fourth-order valence-electron chi connectivity index (χ4n) is 4.26. The zero-order valence-electron chi connectivity index (χ0n) is 21.0. The van der Waals surface area contributed by atoms with Gasteiger partial charge in [0.25, 0.3) is 10.0 Å². The van der Waals surface area contributed by atoms with E-state index in [9.17, 15) is 21.6 Å². The Morgan fingerprint density at radius 1 is 0.973 bits per heavy atom. The smallest absolute Gasteiger partial charge is 0.261 e. The predicted octanol–water partition coefficient (Wildman–Crippen LogP) is 4.30. The minimum absolute atomic E-state index is 0.0204. The summed E-state index contributed by atoms with van der Waals surface area (Å²) in [5.74, 6) is 0.475. The number of methoxy groups -OCH3 is 1. The average Bonchev–Trinajstić information content (AvgIpc) is 2.82. The Hall–Kier alpha value is -3.50. The first-order valence-corrected chi connectivity index (χ1v) is 14.9. The molecular weight excluding hydrogens is 512 g/mol. The first-order valence-electron chi connectivity index (χ1n) is 11.5. The quantitative estimate of drug-likeness (QED) is 0.426. The number of carbonyl (C=O) groups excluding carboxylic acids is 1. The molecule has 37 heavy (non-hydrogen) atoms. The van der Waals surface area contributed by atoms with Crippen LogP contribution in [0.5, 0.6) is 5.75 Å². The van der Waals surface area contributed by atoms with E-state index in [0.29, 0.717) is 17.0 Å². The number of anilines is 1. The van der Waals surface area contributed by atoms with Crippen LogP contribution in [0.25, 0.3) is 0 Å². The summed E-state index contributed by atoms with van der Waals surface area (Å²) in [7, 11) is -5.87. The highest BCUT2D eigenvalue weighted by atomic mass is 32.2. The highest BCUT2D eigenvalue weighted by Crippen LogP contribution is 2.31. The van der Waals surface area contributed by atoms with Crippen molar-refractivity contribution in [3.8, 4) is 5.75 Å². The molecule has 1 aliphatic rings. The highest BCUT2D eigenvalue weighted by molar-refractivity contribution is 7.92. The molecule has 0 radical (unpaired) electrons. The number of hydrogen-bond acceptors (Lipinski definition) is 7. The second kappa shape index (κ2) is 9.75. The van der Waals surface area contributed by atoms with Gasteiger partial charge in [-0.2, -0.15) is 0 Å². The van der Waals surface area contributed by atoms with E-state index in [0.717, 1.165) is 23.8 Å². The number of nitrogens with zero attached hydrogens (tertiary/aromatic N) is 1. The number of aliphatic imine (C=N–C) groups is 1. The number of hydrogen-bond donors (Lipinski definition) is 1. The van der Waals surface area contributed by atoms with Crippen LogP contribution in [0.3, 0.4) is 0 Å². The number of ketones is 1. The molecule has 3 aromatic carbocycles. The van der Waals surface area contributed by atoms with E-state index >= 15 is 0 Å². The lowest BCUT2D eigenvalue weighted by Gasteiger charge is -2.29. The van der Waals surface area contributed by atoms with Gasteiger partial charge >= 0.3 is 0 Å². The van der Waals surface area contributed by atoms with Gasteiger partial charge in [-0.25, -0.2) is 16.8 Å². The van der Waals surface area contributed by atoms with Crippen LogP contribution in [0.1, 0.15) is 41.8 Å². The lowest BCUT2D eigenvalue weighted by Crippen LogP contribution is -2.30. The molecule has 0 atom stereocenters. The topological polar surface area (TPSA) is 119 Å². The van der Waals surface area contributed by atoms with Gasteiger partial charge in [0.1, 0.15) is 5.75 Å². The monoisotopic (exact) mass is 540 g/mol. The number of ether oxygens (including phenoxy) is 1. The van der Waals surface area contributed by atoms with Crippen molar-refractivity contribution >= 4 is 37.0 Å². The number of sulfonamides is 1. The van der Waals surface area contributed by atoms with Crippen molar-refractivity contribution in [3.63, 3.8) is 0 Å². The summed E-state index contributed by atoms with van der Waals surface area (Å²) < 4.78 is 56.8. The van der Waals surface area contributed by atoms with Crippen molar-refractivity contribution in [2.75, 3.05) is 18.1 Å². The van der Waals surface area contributed by atoms with Crippen LogP contribution in [0.15, 0.2) is 81.5 Å². The third kappa shape index (κ3) is 6.08. The number of Topliss-reactive ketones (excluding diaryl/α,β-unsaturated/α-hetero) is 1. The largest absolute Gasteiger partial charge is 0.497 e. The molecule has 1 N–H and O–H groups in total. The first-order chi connectivity index (χ1) is 17.3. The second-order valence-corrected chi connectivity index (χ2v) is 13.3. The van der Waals surface area contributed by atoms with Gasteiger partial charge in [0.2, 0.25) is 0 Å². The van der Waals surface area contributed by atoms with Crippen LogP contribution in [-0.4, -0.2) is 47.2 Å². The van der Waals surface area contributed by atoms with Crippen LogP contribution < -0.4 is 9.46 Å².